The lowest BCUT2D eigenvalue weighted by Crippen LogP contribution is -2.05. The molecule has 0 aliphatic carbocycles. The molecule has 3 rings (SSSR count). The Morgan fingerprint density at radius 1 is 1.21 bits per heavy atom. The highest BCUT2D eigenvalue weighted by Gasteiger charge is 2.03. The number of nitrogens with zero attached hydrogens (tertiary/aromatic N) is 3. The third kappa shape index (κ3) is 3.00. The Morgan fingerprint density at radius 3 is 2.95 bits per heavy atom. The van der Waals surface area contributed by atoms with Crippen molar-refractivity contribution in [3.8, 4) is 0 Å². The van der Waals surface area contributed by atoms with E-state index in [1.165, 1.54) is 10.4 Å². The van der Waals surface area contributed by atoms with Gasteiger partial charge in [-0.25, -0.2) is 0 Å². The monoisotopic (exact) mass is 270 g/mol. The highest BCUT2D eigenvalue weighted by atomic mass is 32.1. The van der Waals surface area contributed by atoms with E-state index in [0.717, 1.165) is 18.8 Å². The maximum absolute atomic E-state index is 4.24. The van der Waals surface area contributed by atoms with E-state index < -0.39 is 0 Å². The van der Waals surface area contributed by atoms with Crippen LogP contribution in [0.15, 0.2) is 54.4 Å². The van der Waals surface area contributed by atoms with Gasteiger partial charge in [0.2, 0.25) is 0 Å². The molecule has 0 bridgehead atoms. The molecule has 3 aromatic rings. The lowest BCUT2D eigenvalue weighted by molar-refractivity contribution is 0.687. The second-order valence-corrected chi connectivity index (χ2v) is 5.15. The van der Waals surface area contributed by atoms with Gasteiger partial charge in [-0.2, -0.15) is 5.10 Å². The van der Waals surface area contributed by atoms with Crippen LogP contribution in [0.25, 0.3) is 0 Å². The third-order valence-electron chi connectivity index (χ3n) is 2.85. The van der Waals surface area contributed by atoms with Crippen LogP contribution in [0.1, 0.15) is 10.4 Å². The Balaban J connectivity index is 1.73. The molecule has 2 heterocycles. The number of hydrogen-bond acceptors (Lipinski definition) is 4. The van der Waals surface area contributed by atoms with Crippen molar-refractivity contribution in [3.63, 3.8) is 0 Å². The molecule has 0 saturated carbocycles. The first-order valence-corrected chi connectivity index (χ1v) is 6.96. The molecule has 0 saturated heterocycles. The summed E-state index contributed by atoms with van der Waals surface area (Å²) in [5.41, 5.74) is 4.23. The van der Waals surface area contributed by atoms with Gasteiger partial charge in [-0.1, -0.05) is 18.2 Å². The Labute approximate surface area is 115 Å². The molecule has 0 fully saturated rings. The van der Waals surface area contributed by atoms with Crippen molar-refractivity contribution in [2.45, 2.75) is 13.1 Å². The van der Waals surface area contributed by atoms with Crippen molar-refractivity contribution in [2.24, 2.45) is 0 Å². The average molecular weight is 270 g/mol. The fourth-order valence-corrected chi connectivity index (χ4v) is 2.45. The first-order valence-electron chi connectivity index (χ1n) is 6.08. The molecule has 5 heteroatoms. The second kappa shape index (κ2) is 5.67. The maximum atomic E-state index is 4.24. The van der Waals surface area contributed by atoms with Crippen molar-refractivity contribution in [2.75, 3.05) is 5.32 Å². The molecule has 96 valence electrons. The number of nitrogens with one attached hydrogen (secondary N) is 1. The summed E-state index contributed by atoms with van der Waals surface area (Å²) in [6.07, 6.45) is 5.67. The van der Waals surface area contributed by atoms with Gasteiger partial charge < -0.3 is 5.32 Å². The zero-order chi connectivity index (χ0) is 12.9. The predicted octanol–water partition coefficient (Wildman–Crippen LogP) is 3.00. The smallest absolute Gasteiger partial charge is 0.0794 e. The van der Waals surface area contributed by atoms with E-state index in [1.807, 2.05) is 34.7 Å². The highest BCUT2D eigenvalue weighted by molar-refractivity contribution is 7.09. The number of benzene rings is 1. The van der Waals surface area contributed by atoms with Gasteiger partial charge in [0, 0.05) is 29.2 Å². The van der Waals surface area contributed by atoms with Crippen molar-refractivity contribution in [1.82, 2.24) is 14.8 Å². The number of hydrogen-bond donors (Lipinski definition) is 1. The Morgan fingerprint density at radius 2 is 2.16 bits per heavy atom. The van der Waals surface area contributed by atoms with Crippen LogP contribution in [0.4, 0.5) is 5.69 Å². The minimum absolute atomic E-state index is 0.777. The second-order valence-electron chi connectivity index (χ2n) is 4.18. The maximum Gasteiger partial charge on any atom is 0.0794 e. The van der Waals surface area contributed by atoms with E-state index in [1.54, 1.807) is 17.5 Å². The van der Waals surface area contributed by atoms with Gasteiger partial charge in [-0.15, -0.1) is 11.3 Å². The van der Waals surface area contributed by atoms with Crippen LogP contribution >= 0.6 is 11.3 Å². The normalized spacial score (nSPS) is 10.5. The Bertz CT molecular complexity index is 617. The summed E-state index contributed by atoms with van der Waals surface area (Å²) in [6, 6.07) is 10.3. The van der Waals surface area contributed by atoms with E-state index in [-0.39, 0.29) is 0 Å². The topological polar surface area (TPSA) is 42.7 Å². The van der Waals surface area contributed by atoms with Crippen LogP contribution in [-0.2, 0) is 13.1 Å². The predicted molar refractivity (Wildman–Crippen MR) is 77.2 cm³/mol. The molecule has 0 atom stereocenters. The zero-order valence-electron chi connectivity index (χ0n) is 10.4. The van der Waals surface area contributed by atoms with E-state index in [4.69, 9.17) is 0 Å². The van der Waals surface area contributed by atoms with Crippen LogP contribution in [0.3, 0.4) is 0 Å². The van der Waals surface area contributed by atoms with Gasteiger partial charge in [0.1, 0.15) is 0 Å². The Kier molecular flexibility index (Phi) is 3.56. The summed E-state index contributed by atoms with van der Waals surface area (Å²) < 4.78 is 1.92. The van der Waals surface area contributed by atoms with Crippen LogP contribution in [-0.4, -0.2) is 14.8 Å². The molecule has 2 aromatic heterocycles. The zero-order valence-corrected chi connectivity index (χ0v) is 11.2. The first kappa shape index (κ1) is 11.9. The SMILES string of the molecule is c1ccc(NCc2cncs2)c(Cn2cccn2)c1. The van der Waals surface area contributed by atoms with E-state index in [9.17, 15) is 0 Å². The standard InChI is InChI=1S/C14H14N4S/c1-2-5-14(16-9-13-8-15-11-19-13)12(4-1)10-18-7-3-6-17-18/h1-8,11,16H,9-10H2. The fraction of sp³-hybridized carbons (Fsp3) is 0.143. The fourth-order valence-electron chi connectivity index (χ4n) is 1.91. The molecule has 0 aliphatic rings. The minimum atomic E-state index is 0.777. The summed E-state index contributed by atoms with van der Waals surface area (Å²) in [7, 11) is 0. The summed E-state index contributed by atoms with van der Waals surface area (Å²) in [5, 5.41) is 7.70. The third-order valence-corrected chi connectivity index (χ3v) is 3.63. The van der Waals surface area contributed by atoms with Crippen molar-refractivity contribution in [3.05, 3.63) is 64.9 Å². The van der Waals surface area contributed by atoms with Gasteiger partial charge in [0.25, 0.3) is 0 Å². The molecule has 1 N–H and O–H groups in total. The lowest BCUT2D eigenvalue weighted by atomic mass is 10.1. The Hall–Kier alpha value is -2.14. The summed E-state index contributed by atoms with van der Waals surface area (Å²) in [4.78, 5) is 5.31. The van der Waals surface area contributed by atoms with Gasteiger partial charge in [0.05, 0.1) is 18.6 Å². The van der Waals surface area contributed by atoms with Gasteiger partial charge in [-0.3, -0.25) is 9.67 Å². The van der Waals surface area contributed by atoms with Gasteiger partial charge in [0.15, 0.2) is 0 Å². The van der Waals surface area contributed by atoms with Crippen LogP contribution in [0, 0.1) is 0 Å². The summed E-state index contributed by atoms with van der Waals surface area (Å²) in [6.45, 7) is 1.58. The van der Waals surface area contributed by atoms with E-state index >= 15 is 0 Å². The first-order chi connectivity index (χ1) is 9.42. The molecule has 1 aromatic carbocycles. The lowest BCUT2D eigenvalue weighted by Gasteiger charge is -2.11. The average Bonchev–Trinajstić information content (AvgIpc) is 3.10. The largest absolute Gasteiger partial charge is 0.380 e. The molecule has 0 radical (unpaired) electrons. The van der Waals surface area contributed by atoms with Crippen LogP contribution in [0.5, 0.6) is 0 Å². The van der Waals surface area contributed by atoms with Gasteiger partial charge in [-0.05, 0) is 17.7 Å². The molecule has 4 nitrogen and oxygen atoms in total. The van der Waals surface area contributed by atoms with Gasteiger partial charge >= 0.3 is 0 Å². The number of rotatable bonds is 5. The number of anilines is 1. The molecular weight excluding hydrogens is 256 g/mol. The van der Waals surface area contributed by atoms with E-state index in [0.29, 0.717) is 0 Å². The number of para-hydroxylation sites is 1. The molecule has 19 heavy (non-hydrogen) atoms. The molecule has 0 amide bonds. The van der Waals surface area contributed by atoms with Crippen molar-refractivity contribution in [1.29, 1.82) is 0 Å². The quantitative estimate of drug-likeness (QED) is 0.775. The summed E-state index contributed by atoms with van der Waals surface area (Å²) >= 11 is 1.66. The molecule has 0 unspecified atom stereocenters. The number of thiazole rings is 1. The summed E-state index contributed by atoms with van der Waals surface area (Å²) in [5.74, 6) is 0. The molecular formula is C14H14N4S. The number of aromatic nitrogens is 3. The van der Waals surface area contributed by atoms with E-state index in [2.05, 4.69) is 33.6 Å². The minimum Gasteiger partial charge on any atom is -0.380 e. The van der Waals surface area contributed by atoms with Crippen LogP contribution < -0.4 is 5.32 Å². The molecule has 0 aliphatic heterocycles. The van der Waals surface area contributed by atoms with Crippen LogP contribution in [0.2, 0.25) is 0 Å². The highest BCUT2D eigenvalue weighted by Crippen LogP contribution is 2.18. The van der Waals surface area contributed by atoms with Crippen molar-refractivity contribution < 1.29 is 0 Å². The van der Waals surface area contributed by atoms with Crippen molar-refractivity contribution >= 4 is 17.0 Å². The molecule has 0 spiro atoms.